The maximum Gasteiger partial charge on any atom is 0.0991 e. The molecule has 1 nitrogen and oxygen atoms in total. The Morgan fingerprint density at radius 1 is 1.22 bits per heavy atom. The second kappa shape index (κ2) is 2.52. The standard InChI is InChI=1S/C7H4ClN/c8-7-3-1-6(5-9)2-4-7/h1-4H/i9+1. The maximum atomic E-state index is 8.34. The molecule has 9 heavy (non-hydrogen) atoms. The molecule has 0 amide bonds. The lowest BCUT2D eigenvalue weighted by Crippen LogP contribution is -1.69. The number of rotatable bonds is 0. The van der Waals surface area contributed by atoms with Crippen LogP contribution in [0, 0.1) is 11.3 Å². The van der Waals surface area contributed by atoms with Crippen LogP contribution in [0.5, 0.6) is 0 Å². The lowest BCUT2D eigenvalue weighted by Gasteiger charge is -1.86. The molecule has 0 aliphatic carbocycles. The molecule has 0 unspecified atom stereocenters. The number of benzene rings is 1. The van der Waals surface area contributed by atoms with Crippen LogP contribution in [-0.2, 0) is 0 Å². The number of nitrogens with zero attached hydrogens (tertiary/aromatic N) is 1. The van der Waals surface area contributed by atoms with Crippen molar-refractivity contribution in [1.82, 2.24) is 0 Å². The molecule has 1 rings (SSSR count). The van der Waals surface area contributed by atoms with Crippen molar-refractivity contribution in [2.75, 3.05) is 0 Å². The van der Waals surface area contributed by atoms with Crippen molar-refractivity contribution in [3.63, 3.8) is 0 Å². The van der Waals surface area contributed by atoms with Gasteiger partial charge < -0.3 is 0 Å². The highest BCUT2D eigenvalue weighted by atomic mass is 35.5. The summed E-state index contributed by atoms with van der Waals surface area (Å²) in [5.74, 6) is 0. The molecular weight excluding hydrogens is 135 g/mol. The molecular formula is C7H4ClN. The van der Waals surface area contributed by atoms with Gasteiger partial charge in [0.1, 0.15) is 0 Å². The normalized spacial score (nSPS) is 8.44. The van der Waals surface area contributed by atoms with Crippen LogP contribution in [-0.4, -0.2) is 0 Å². The summed E-state index contributed by atoms with van der Waals surface area (Å²) in [7, 11) is 0. The van der Waals surface area contributed by atoms with Crippen molar-refractivity contribution in [3.8, 4) is 6.07 Å². The number of nitriles is 1. The van der Waals surface area contributed by atoms with Crippen LogP contribution in [0.4, 0.5) is 0 Å². The van der Waals surface area contributed by atoms with Gasteiger partial charge in [0.15, 0.2) is 0 Å². The molecule has 0 heterocycles. The van der Waals surface area contributed by atoms with E-state index in [9.17, 15) is 0 Å². The smallest absolute Gasteiger partial charge is 0.0991 e. The fourth-order valence-corrected chi connectivity index (χ4v) is 0.650. The SMILES string of the molecule is [15N]#Cc1ccc(Cl)cc1. The maximum absolute atomic E-state index is 8.34. The highest BCUT2D eigenvalue weighted by Gasteiger charge is 1.86. The van der Waals surface area contributed by atoms with Gasteiger partial charge in [0.2, 0.25) is 0 Å². The van der Waals surface area contributed by atoms with E-state index >= 15 is 0 Å². The molecule has 0 aromatic heterocycles. The van der Waals surface area contributed by atoms with Gasteiger partial charge in [-0.05, 0) is 24.3 Å². The molecule has 0 bridgehead atoms. The summed E-state index contributed by atoms with van der Waals surface area (Å²) in [5, 5.41) is 9.00. The molecule has 1 aromatic rings. The minimum absolute atomic E-state index is 0.638. The highest BCUT2D eigenvalue weighted by Crippen LogP contribution is 2.07. The average molecular weight is 139 g/mol. The first kappa shape index (κ1) is 6.12. The summed E-state index contributed by atoms with van der Waals surface area (Å²) in [4.78, 5) is 0. The fourth-order valence-electron chi connectivity index (χ4n) is 0.524. The average Bonchev–Trinajstić information content (AvgIpc) is 1.90. The molecule has 0 spiro atoms. The monoisotopic (exact) mass is 138 g/mol. The van der Waals surface area contributed by atoms with Crippen molar-refractivity contribution in [2.24, 2.45) is 0 Å². The predicted molar refractivity (Wildman–Crippen MR) is 36.2 cm³/mol. The third-order valence-corrected chi connectivity index (χ3v) is 1.23. The number of hydrogen-bond acceptors (Lipinski definition) is 1. The van der Waals surface area contributed by atoms with Crippen LogP contribution >= 0.6 is 11.6 Å². The van der Waals surface area contributed by atoms with Gasteiger partial charge in [-0.15, -0.1) is 0 Å². The third-order valence-electron chi connectivity index (χ3n) is 0.973. The first-order valence-electron chi connectivity index (χ1n) is 2.48. The van der Waals surface area contributed by atoms with Crippen molar-refractivity contribution in [3.05, 3.63) is 34.9 Å². The molecule has 0 atom stereocenters. The molecule has 0 N–H and O–H groups in total. The Hall–Kier alpha value is -1.00. The van der Waals surface area contributed by atoms with Gasteiger partial charge in [0.05, 0.1) is 11.6 Å². The minimum Gasteiger partial charge on any atom is -0.192 e. The molecule has 0 saturated heterocycles. The summed E-state index contributed by atoms with van der Waals surface area (Å²) in [5.41, 5.74) is 0.638. The number of hydrogen-bond donors (Lipinski definition) is 0. The number of halogens is 1. The van der Waals surface area contributed by atoms with Gasteiger partial charge in [-0.1, -0.05) is 11.6 Å². The van der Waals surface area contributed by atoms with Crippen LogP contribution in [0.3, 0.4) is 0 Å². The van der Waals surface area contributed by atoms with E-state index in [1.807, 2.05) is 6.07 Å². The zero-order valence-electron chi connectivity index (χ0n) is 4.63. The third kappa shape index (κ3) is 1.45. The van der Waals surface area contributed by atoms with E-state index in [1.54, 1.807) is 24.3 Å². The topological polar surface area (TPSA) is 23.8 Å². The van der Waals surface area contributed by atoms with E-state index in [2.05, 4.69) is 0 Å². The quantitative estimate of drug-likeness (QED) is 0.505. The molecule has 44 valence electrons. The van der Waals surface area contributed by atoms with Crippen molar-refractivity contribution in [1.29, 1.82) is 5.26 Å². The summed E-state index contributed by atoms with van der Waals surface area (Å²) >= 11 is 5.56. The van der Waals surface area contributed by atoms with Crippen molar-refractivity contribution >= 4 is 11.6 Å². The van der Waals surface area contributed by atoms with E-state index in [-0.39, 0.29) is 0 Å². The van der Waals surface area contributed by atoms with Crippen LogP contribution in [0.25, 0.3) is 0 Å². The Bertz CT molecular complexity index is 232. The Labute approximate surface area is 58.5 Å². The minimum atomic E-state index is 0.638. The highest BCUT2D eigenvalue weighted by molar-refractivity contribution is 6.30. The Morgan fingerprint density at radius 3 is 2.22 bits per heavy atom. The zero-order valence-corrected chi connectivity index (χ0v) is 5.39. The molecule has 0 radical (unpaired) electrons. The first-order valence-corrected chi connectivity index (χ1v) is 2.86. The second-order valence-electron chi connectivity index (χ2n) is 1.62. The first-order chi connectivity index (χ1) is 4.33. The van der Waals surface area contributed by atoms with Gasteiger partial charge in [0.25, 0.3) is 0 Å². The van der Waals surface area contributed by atoms with E-state index < -0.39 is 0 Å². The van der Waals surface area contributed by atoms with Gasteiger partial charge in [0, 0.05) is 5.02 Å². The van der Waals surface area contributed by atoms with Gasteiger partial charge in [-0.3, -0.25) is 0 Å². The predicted octanol–water partition coefficient (Wildman–Crippen LogP) is 2.21. The van der Waals surface area contributed by atoms with Gasteiger partial charge in [-0.2, -0.15) is 5.26 Å². The lowest BCUT2D eigenvalue weighted by atomic mass is 10.2. The second-order valence-corrected chi connectivity index (χ2v) is 2.06. The molecule has 0 aliphatic heterocycles. The van der Waals surface area contributed by atoms with Gasteiger partial charge >= 0.3 is 0 Å². The fraction of sp³-hybridized carbons (Fsp3) is 0. The van der Waals surface area contributed by atoms with Crippen LogP contribution in [0.2, 0.25) is 5.02 Å². The Morgan fingerprint density at radius 2 is 1.78 bits per heavy atom. The molecule has 1 aromatic carbocycles. The molecule has 0 saturated carbocycles. The summed E-state index contributed by atoms with van der Waals surface area (Å²) in [6.07, 6.45) is 0. The molecule has 0 aliphatic rings. The summed E-state index contributed by atoms with van der Waals surface area (Å²) in [6.45, 7) is 0. The van der Waals surface area contributed by atoms with Crippen LogP contribution in [0.15, 0.2) is 24.3 Å². The Kier molecular flexibility index (Phi) is 1.72. The summed E-state index contributed by atoms with van der Waals surface area (Å²) in [6, 6.07) is 8.75. The lowest BCUT2D eigenvalue weighted by molar-refractivity contribution is 1.49. The Balaban J connectivity index is 3.06. The zero-order chi connectivity index (χ0) is 6.69. The van der Waals surface area contributed by atoms with E-state index in [4.69, 9.17) is 16.9 Å². The van der Waals surface area contributed by atoms with E-state index in [1.165, 1.54) is 0 Å². The summed E-state index contributed by atoms with van der Waals surface area (Å²) < 4.78 is 0. The van der Waals surface area contributed by atoms with E-state index in [0.29, 0.717) is 10.6 Å². The largest absolute Gasteiger partial charge is 0.192 e. The molecule has 2 heteroatoms. The van der Waals surface area contributed by atoms with Crippen molar-refractivity contribution in [2.45, 2.75) is 0 Å². The molecule has 0 fully saturated rings. The van der Waals surface area contributed by atoms with Crippen LogP contribution in [0.1, 0.15) is 5.56 Å². The van der Waals surface area contributed by atoms with E-state index in [0.717, 1.165) is 0 Å². The van der Waals surface area contributed by atoms with Gasteiger partial charge in [-0.25, -0.2) is 0 Å². The van der Waals surface area contributed by atoms with Crippen molar-refractivity contribution < 1.29 is 0 Å². The van der Waals surface area contributed by atoms with Crippen LogP contribution < -0.4 is 0 Å².